The maximum absolute atomic E-state index is 9.41. The molecule has 0 radical (unpaired) electrons. The molecule has 0 aliphatic carbocycles. The van der Waals surface area contributed by atoms with Gasteiger partial charge in [0.2, 0.25) is 0 Å². The van der Waals surface area contributed by atoms with Gasteiger partial charge in [0.15, 0.2) is 0 Å². The zero-order chi connectivity index (χ0) is 22.3. The van der Waals surface area contributed by atoms with Gasteiger partial charge in [0.25, 0.3) is 0 Å². The van der Waals surface area contributed by atoms with E-state index >= 15 is 0 Å². The van der Waals surface area contributed by atoms with Crippen LogP contribution < -0.4 is 0 Å². The predicted molar refractivity (Wildman–Crippen MR) is 138 cm³/mol. The van der Waals surface area contributed by atoms with Gasteiger partial charge < -0.3 is 4.40 Å². The van der Waals surface area contributed by atoms with E-state index in [0.717, 1.165) is 11.1 Å². The van der Waals surface area contributed by atoms with Crippen molar-refractivity contribution in [2.75, 3.05) is 0 Å². The standard InChI is InChI=1S/C31H20N2/c1-18-11-20(17-32)12-19(2)30(18)23-14-26-24-9-5-6-10-28(24)33-29-16-22-8-4-3-7-21(22)13-25(29)27(15-23)31(26)33/h3-16H,1-2H3. The summed E-state index contributed by atoms with van der Waals surface area (Å²) in [6.07, 6.45) is 0. The van der Waals surface area contributed by atoms with Crippen molar-refractivity contribution in [2.24, 2.45) is 0 Å². The Labute approximate surface area is 191 Å². The lowest BCUT2D eigenvalue weighted by molar-refractivity contribution is 1.35. The number of nitriles is 1. The van der Waals surface area contributed by atoms with Crippen LogP contribution in [0.3, 0.4) is 0 Å². The Morgan fingerprint density at radius 3 is 2.00 bits per heavy atom. The Morgan fingerprint density at radius 2 is 1.27 bits per heavy atom. The fourth-order valence-corrected chi connectivity index (χ4v) is 5.81. The number of hydrogen-bond donors (Lipinski definition) is 0. The number of hydrogen-bond acceptors (Lipinski definition) is 1. The first kappa shape index (κ1) is 18.2. The Morgan fingerprint density at radius 1 is 0.636 bits per heavy atom. The van der Waals surface area contributed by atoms with Gasteiger partial charge in [-0.3, -0.25) is 0 Å². The SMILES string of the molecule is Cc1cc(C#N)cc(C)c1-c1cc2c3ccccc3n3c4cc5ccccc5cc4c(c1)c23. The van der Waals surface area contributed by atoms with E-state index in [0.29, 0.717) is 5.56 Å². The molecule has 5 aromatic carbocycles. The molecule has 33 heavy (non-hydrogen) atoms. The van der Waals surface area contributed by atoms with Gasteiger partial charge in [-0.15, -0.1) is 0 Å². The highest BCUT2D eigenvalue weighted by Gasteiger charge is 2.20. The average molecular weight is 421 g/mol. The van der Waals surface area contributed by atoms with Gasteiger partial charge >= 0.3 is 0 Å². The second-order valence-corrected chi connectivity index (χ2v) is 9.09. The second-order valence-electron chi connectivity index (χ2n) is 9.09. The van der Waals surface area contributed by atoms with Crippen LogP contribution in [0.4, 0.5) is 0 Å². The van der Waals surface area contributed by atoms with E-state index in [4.69, 9.17) is 0 Å². The lowest BCUT2D eigenvalue weighted by Gasteiger charge is -2.12. The summed E-state index contributed by atoms with van der Waals surface area (Å²) in [7, 11) is 0. The van der Waals surface area contributed by atoms with E-state index in [1.807, 2.05) is 12.1 Å². The van der Waals surface area contributed by atoms with Gasteiger partial charge in [-0.05, 0) is 89.3 Å². The summed E-state index contributed by atoms with van der Waals surface area (Å²) in [6.45, 7) is 4.22. The molecule has 154 valence electrons. The first-order valence-electron chi connectivity index (χ1n) is 11.3. The zero-order valence-corrected chi connectivity index (χ0v) is 18.5. The van der Waals surface area contributed by atoms with Crippen molar-refractivity contribution in [1.82, 2.24) is 4.40 Å². The Kier molecular flexibility index (Phi) is 3.51. The smallest absolute Gasteiger partial charge is 0.0991 e. The minimum atomic E-state index is 0.716. The average Bonchev–Trinajstić information content (AvgIpc) is 3.33. The molecular weight excluding hydrogens is 400 g/mol. The number of rotatable bonds is 1. The van der Waals surface area contributed by atoms with Crippen LogP contribution in [0.25, 0.3) is 60.0 Å². The van der Waals surface area contributed by atoms with Crippen LogP contribution >= 0.6 is 0 Å². The van der Waals surface area contributed by atoms with E-state index < -0.39 is 0 Å². The lowest BCUT2D eigenvalue weighted by atomic mass is 9.91. The first-order valence-corrected chi connectivity index (χ1v) is 11.3. The summed E-state index contributed by atoms with van der Waals surface area (Å²) in [5.74, 6) is 0. The number of aryl methyl sites for hydroxylation is 2. The molecule has 7 aromatic rings. The molecule has 0 fully saturated rings. The van der Waals surface area contributed by atoms with E-state index in [-0.39, 0.29) is 0 Å². The lowest BCUT2D eigenvalue weighted by Crippen LogP contribution is -1.91. The third-order valence-corrected chi connectivity index (χ3v) is 7.11. The maximum atomic E-state index is 9.41. The van der Waals surface area contributed by atoms with E-state index in [2.05, 4.69) is 97.1 Å². The van der Waals surface area contributed by atoms with E-state index in [1.165, 1.54) is 60.0 Å². The summed E-state index contributed by atoms with van der Waals surface area (Å²) >= 11 is 0. The molecule has 2 nitrogen and oxygen atoms in total. The minimum Gasteiger partial charge on any atom is -0.308 e. The largest absolute Gasteiger partial charge is 0.308 e. The second kappa shape index (κ2) is 6.34. The van der Waals surface area contributed by atoms with Crippen molar-refractivity contribution in [2.45, 2.75) is 13.8 Å². The van der Waals surface area contributed by atoms with Crippen molar-refractivity contribution in [3.05, 3.63) is 102 Å². The summed E-state index contributed by atoms with van der Waals surface area (Å²) in [4.78, 5) is 0. The highest BCUT2D eigenvalue weighted by molar-refractivity contribution is 6.25. The van der Waals surface area contributed by atoms with Crippen LogP contribution in [0.2, 0.25) is 0 Å². The molecule has 0 N–H and O–H groups in total. The third-order valence-electron chi connectivity index (χ3n) is 7.11. The number of nitrogens with zero attached hydrogens (tertiary/aromatic N) is 2. The monoisotopic (exact) mass is 420 g/mol. The van der Waals surface area contributed by atoms with Crippen LogP contribution in [-0.2, 0) is 0 Å². The quantitative estimate of drug-likeness (QED) is 0.263. The Bertz CT molecular complexity index is 1920. The van der Waals surface area contributed by atoms with Crippen molar-refractivity contribution in [3.8, 4) is 17.2 Å². The third kappa shape index (κ3) is 2.37. The van der Waals surface area contributed by atoms with Gasteiger partial charge in [-0.1, -0.05) is 42.5 Å². The van der Waals surface area contributed by atoms with Crippen LogP contribution in [0.1, 0.15) is 16.7 Å². The van der Waals surface area contributed by atoms with Crippen LogP contribution in [0.5, 0.6) is 0 Å². The van der Waals surface area contributed by atoms with Gasteiger partial charge in [0, 0.05) is 21.5 Å². The van der Waals surface area contributed by atoms with Crippen LogP contribution in [0, 0.1) is 25.2 Å². The number of para-hydroxylation sites is 1. The number of benzene rings is 5. The molecule has 0 spiro atoms. The van der Waals surface area contributed by atoms with Gasteiger partial charge in [0.1, 0.15) is 0 Å². The summed E-state index contributed by atoms with van der Waals surface area (Å²) in [5, 5.41) is 17.0. The highest BCUT2D eigenvalue weighted by atomic mass is 14.9. The zero-order valence-electron chi connectivity index (χ0n) is 18.5. The fourth-order valence-electron chi connectivity index (χ4n) is 5.81. The maximum Gasteiger partial charge on any atom is 0.0991 e. The van der Waals surface area contributed by atoms with Gasteiger partial charge in [-0.2, -0.15) is 5.26 Å². The Hall–Kier alpha value is -4.35. The minimum absolute atomic E-state index is 0.716. The number of fused-ring (bicyclic) bond motifs is 7. The van der Waals surface area contributed by atoms with Crippen molar-refractivity contribution in [1.29, 1.82) is 5.26 Å². The molecule has 0 saturated heterocycles. The molecule has 0 aliphatic rings. The topological polar surface area (TPSA) is 28.2 Å². The van der Waals surface area contributed by atoms with Crippen molar-refractivity contribution in [3.63, 3.8) is 0 Å². The summed E-state index contributed by atoms with van der Waals surface area (Å²) in [5.41, 5.74) is 9.20. The van der Waals surface area contributed by atoms with E-state index in [9.17, 15) is 5.26 Å². The molecular formula is C31H20N2. The molecule has 0 saturated carbocycles. The summed E-state index contributed by atoms with van der Waals surface area (Å²) in [6, 6.07) is 32.9. The highest BCUT2D eigenvalue weighted by Crippen LogP contribution is 2.43. The van der Waals surface area contributed by atoms with E-state index in [1.54, 1.807) is 0 Å². The van der Waals surface area contributed by atoms with Crippen molar-refractivity contribution >= 4 is 48.9 Å². The molecule has 0 amide bonds. The molecule has 2 aromatic heterocycles. The molecule has 0 atom stereocenters. The fraction of sp³-hybridized carbons (Fsp3) is 0.0645. The first-order chi connectivity index (χ1) is 16.1. The molecule has 0 unspecified atom stereocenters. The van der Waals surface area contributed by atoms with Gasteiger partial charge in [-0.25, -0.2) is 0 Å². The Balaban J connectivity index is 1.71. The predicted octanol–water partition coefficient (Wildman–Crippen LogP) is 8.15. The molecule has 0 bridgehead atoms. The van der Waals surface area contributed by atoms with Crippen molar-refractivity contribution < 1.29 is 0 Å². The molecule has 2 heteroatoms. The molecule has 2 heterocycles. The summed E-state index contributed by atoms with van der Waals surface area (Å²) < 4.78 is 2.43. The molecule has 0 aliphatic heterocycles. The normalized spacial score (nSPS) is 11.9. The number of aromatic nitrogens is 1. The van der Waals surface area contributed by atoms with Crippen LogP contribution in [-0.4, -0.2) is 4.40 Å². The molecule has 7 rings (SSSR count). The van der Waals surface area contributed by atoms with Crippen LogP contribution in [0.15, 0.2) is 84.9 Å². The van der Waals surface area contributed by atoms with Gasteiger partial charge in [0.05, 0.1) is 28.2 Å².